The summed E-state index contributed by atoms with van der Waals surface area (Å²) in [7, 11) is 0. The Balaban J connectivity index is 1.11. The molecule has 0 bridgehead atoms. The Morgan fingerprint density at radius 1 is 0.250 bits per heavy atom. The summed E-state index contributed by atoms with van der Waals surface area (Å²) in [5.74, 6) is 2.86. The summed E-state index contributed by atoms with van der Waals surface area (Å²) in [6, 6.07) is 79.8. The van der Waals surface area contributed by atoms with Crippen LogP contribution in [0.15, 0.2) is 231 Å². The van der Waals surface area contributed by atoms with E-state index in [1.807, 2.05) is 36.4 Å². The minimum Gasteiger partial charge on any atom is -0.453 e. The number of fused-ring (bicyclic) bond motifs is 4. The summed E-state index contributed by atoms with van der Waals surface area (Å²) in [4.78, 5) is 9.05. The summed E-state index contributed by atoms with van der Waals surface area (Å²) in [6.07, 6.45) is 0. The topological polar surface area (TPSA) is 31.4 Å². The van der Waals surface area contributed by atoms with Crippen LogP contribution in [0.2, 0.25) is 0 Å². The molecule has 0 amide bonds. The molecule has 6 heteroatoms. The third-order valence-corrected chi connectivity index (χ3v) is 10.9. The quantitative estimate of drug-likeness (QED) is 0.145. The van der Waals surface area contributed by atoms with Crippen LogP contribution in [0.25, 0.3) is 0 Å². The fourth-order valence-electron chi connectivity index (χ4n) is 8.30. The third-order valence-electron chi connectivity index (χ3n) is 10.9. The molecular formula is C54H38N4O2. The zero-order valence-corrected chi connectivity index (χ0v) is 32.5. The van der Waals surface area contributed by atoms with Gasteiger partial charge in [-0.3, -0.25) is 4.90 Å². The van der Waals surface area contributed by atoms with Crippen LogP contribution in [-0.4, -0.2) is 0 Å². The van der Waals surface area contributed by atoms with E-state index in [0.29, 0.717) is 11.5 Å². The van der Waals surface area contributed by atoms with Gasteiger partial charge in [0, 0.05) is 69.8 Å². The van der Waals surface area contributed by atoms with Gasteiger partial charge in [0.25, 0.3) is 0 Å². The monoisotopic (exact) mass is 774 g/mol. The average Bonchev–Trinajstić information content (AvgIpc) is 3.31. The van der Waals surface area contributed by atoms with Gasteiger partial charge in [-0.15, -0.1) is 0 Å². The molecular weight excluding hydrogens is 737 g/mol. The van der Waals surface area contributed by atoms with E-state index in [-0.39, 0.29) is 0 Å². The molecule has 0 saturated carbocycles. The largest absolute Gasteiger partial charge is 0.453 e. The first-order valence-electron chi connectivity index (χ1n) is 20.1. The van der Waals surface area contributed by atoms with Crippen LogP contribution in [0, 0.1) is 0 Å². The number of ether oxygens (including phenoxy) is 2. The van der Waals surface area contributed by atoms with Crippen molar-refractivity contribution in [2.45, 2.75) is 0 Å². The van der Waals surface area contributed by atoms with Gasteiger partial charge < -0.3 is 24.2 Å². The van der Waals surface area contributed by atoms with Crippen LogP contribution in [0.3, 0.4) is 0 Å². The van der Waals surface area contributed by atoms with E-state index < -0.39 is 0 Å². The van der Waals surface area contributed by atoms with Crippen LogP contribution in [-0.2, 0) is 0 Å². The lowest BCUT2D eigenvalue weighted by Gasteiger charge is -2.39. The highest BCUT2D eigenvalue weighted by Crippen LogP contribution is 2.62. The number of anilines is 12. The Morgan fingerprint density at radius 3 is 0.817 bits per heavy atom. The Bertz CT molecular complexity index is 2660. The Morgan fingerprint density at radius 2 is 0.517 bits per heavy atom. The Labute approximate surface area is 349 Å². The Kier molecular flexibility index (Phi) is 8.71. The molecule has 60 heavy (non-hydrogen) atoms. The second kappa shape index (κ2) is 14.9. The number of hydrogen-bond donors (Lipinski definition) is 0. The molecule has 0 N–H and O–H groups in total. The van der Waals surface area contributed by atoms with Crippen LogP contribution in [0.4, 0.5) is 68.2 Å². The SMILES string of the molecule is c1ccc(N(c2ccccc2)c2ccc3c(c2)Oc2cc(N(c4ccccc4)c4ccccc4)cc4c2N3c2ccc(N(c3ccccc3)c3ccccc3)cc2O4)cc1. The van der Waals surface area contributed by atoms with Gasteiger partial charge in [-0.25, -0.2) is 0 Å². The van der Waals surface area contributed by atoms with E-state index in [1.54, 1.807) is 0 Å². The first-order chi connectivity index (χ1) is 29.8. The molecule has 0 radical (unpaired) electrons. The van der Waals surface area contributed by atoms with Crippen LogP contribution < -0.4 is 29.1 Å². The van der Waals surface area contributed by atoms with Crippen LogP contribution in [0.1, 0.15) is 0 Å². The smallest absolute Gasteiger partial charge is 0.157 e. The zero-order valence-electron chi connectivity index (χ0n) is 32.5. The van der Waals surface area contributed by atoms with E-state index in [4.69, 9.17) is 9.47 Å². The predicted molar refractivity (Wildman–Crippen MR) is 245 cm³/mol. The van der Waals surface area contributed by atoms with E-state index in [9.17, 15) is 0 Å². The predicted octanol–water partition coefficient (Wildman–Crippen LogP) is 15.8. The summed E-state index contributed by atoms with van der Waals surface area (Å²) in [5.41, 5.74) is 11.8. The molecule has 0 aliphatic carbocycles. The molecule has 6 nitrogen and oxygen atoms in total. The van der Waals surface area contributed by atoms with Gasteiger partial charge in [0.15, 0.2) is 23.0 Å². The second-order valence-electron chi connectivity index (χ2n) is 14.7. The van der Waals surface area contributed by atoms with Crippen molar-refractivity contribution in [1.82, 2.24) is 0 Å². The van der Waals surface area contributed by atoms with Crippen molar-refractivity contribution in [3.05, 3.63) is 231 Å². The van der Waals surface area contributed by atoms with Gasteiger partial charge in [0.05, 0.1) is 17.1 Å². The maximum Gasteiger partial charge on any atom is 0.157 e. The standard InChI is InChI=1S/C54H38N4O2/c1-7-19-39(20-8-1)55(40-21-9-2-10-22-40)45-31-33-48-50(35-45)59-52-37-47(57(43-27-15-5-16-28-43)44-29-17-6-18-30-44)38-53-54(52)58(48)49-34-32-46(36-51(49)60-53)56(41-23-11-3-12-24-41)42-25-13-4-14-26-42/h1-38H. The van der Waals surface area contributed by atoms with Crippen molar-refractivity contribution in [2.75, 3.05) is 19.6 Å². The minimum atomic E-state index is 0.694. The van der Waals surface area contributed by atoms with Gasteiger partial charge in [-0.1, -0.05) is 109 Å². The summed E-state index contributed by atoms with van der Waals surface area (Å²) >= 11 is 0. The first-order valence-corrected chi connectivity index (χ1v) is 20.1. The van der Waals surface area contributed by atoms with Crippen LogP contribution >= 0.6 is 0 Å². The summed E-state index contributed by atoms with van der Waals surface area (Å²) < 4.78 is 14.1. The zero-order chi connectivity index (χ0) is 39.8. The molecule has 11 rings (SSSR count). The Hall–Kier alpha value is -8.22. The van der Waals surface area contributed by atoms with Gasteiger partial charge >= 0.3 is 0 Å². The highest BCUT2D eigenvalue weighted by molar-refractivity contribution is 5.97. The van der Waals surface area contributed by atoms with Gasteiger partial charge in [0.1, 0.15) is 5.69 Å². The van der Waals surface area contributed by atoms with Crippen molar-refractivity contribution >= 4 is 68.2 Å². The summed E-state index contributed by atoms with van der Waals surface area (Å²) in [6.45, 7) is 0. The highest BCUT2D eigenvalue weighted by Gasteiger charge is 2.37. The maximum absolute atomic E-state index is 7.06. The molecule has 0 atom stereocenters. The molecule has 9 aromatic rings. The average molecular weight is 775 g/mol. The van der Waals surface area contributed by atoms with Gasteiger partial charge in [-0.05, 0) is 97.1 Å². The maximum atomic E-state index is 7.06. The number of rotatable bonds is 9. The lowest BCUT2D eigenvalue weighted by molar-refractivity contribution is 0.446. The molecule has 0 spiro atoms. The fourth-order valence-corrected chi connectivity index (χ4v) is 8.30. The molecule has 2 heterocycles. The third kappa shape index (κ3) is 6.24. The molecule has 0 fully saturated rings. The van der Waals surface area contributed by atoms with Gasteiger partial charge in [0.2, 0.25) is 0 Å². The van der Waals surface area contributed by atoms with Crippen LogP contribution in [0.5, 0.6) is 23.0 Å². The number of nitrogens with zero attached hydrogens (tertiary/aromatic N) is 4. The van der Waals surface area contributed by atoms with Crippen molar-refractivity contribution in [3.63, 3.8) is 0 Å². The van der Waals surface area contributed by atoms with E-state index >= 15 is 0 Å². The number of benzene rings is 9. The lowest BCUT2D eigenvalue weighted by Crippen LogP contribution is -2.22. The number of hydrogen-bond acceptors (Lipinski definition) is 6. The van der Waals surface area contributed by atoms with E-state index in [1.165, 1.54) is 0 Å². The first kappa shape index (κ1) is 35.0. The number of para-hydroxylation sites is 6. The molecule has 286 valence electrons. The molecule has 0 saturated heterocycles. The highest BCUT2D eigenvalue weighted by atomic mass is 16.5. The second-order valence-corrected chi connectivity index (χ2v) is 14.7. The van der Waals surface area contributed by atoms with Crippen molar-refractivity contribution in [1.29, 1.82) is 0 Å². The van der Waals surface area contributed by atoms with Crippen molar-refractivity contribution < 1.29 is 9.47 Å². The normalized spacial score (nSPS) is 11.9. The summed E-state index contributed by atoms with van der Waals surface area (Å²) in [5, 5.41) is 0. The van der Waals surface area contributed by atoms with Gasteiger partial charge in [-0.2, -0.15) is 0 Å². The minimum absolute atomic E-state index is 0.694. The van der Waals surface area contributed by atoms with E-state index in [2.05, 4.69) is 214 Å². The molecule has 2 aliphatic heterocycles. The fraction of sp³-hybridized carbons (Fsp3) is 0. The van der Waals surface area contributed by atoms with Crippen molar-refractivity contribution in [2.24, 2.45) is 0 Å². The molecule has 0 unspecified atom stereocenters. The molecule has 0 aromatic heterocycles. The van der Waals surface area contributed by atoms with E-state index in [0.717, 1.165) is 79.7 Å². The van der Waals surface area contributed by atoms with Crippen molar-refractivity contribution in [3.8, 4) is 23.0 Å². The molecule has 2 aliphatic rings. The lowest BCUT2D eigenvalue weighted by atomic mass is 10.0. The molecule has 9 aromatic carbocycles.